The van der Waals surface area contributed by atoms with E-state index in [4.69, 9.17) is 4.42 Å². The zero-order valence-corrected chi connectivity index (χ0v) is 14.0. The van der Waals surface area contributed by atoms with E-state index in [1.807, 2.05) is 6.07 Å². The summed E-state index contributed by atoms with van der Waals surface area (Å²) in [5.41, 5.74) is 0. The van der Waals surface area contributed by atoms with Crippen molar-refractivity contribution in [2.75, 3.05) is 31.1 Å². The van der Waals surface area contributed by atoms with E-state index in [0.29, 0.717) is 19.5 Å². The molecule has 1 atom stereocenters. The standard InChI is InChI=1S/C15H24N2O4S/c1-3-17(4-2)10-13-5-6-14(21-13)15(18)16-9-12-7-8-22(19,20)11-12/h5-6,12H,3-4,7-11H2,1-2H3,(H,16,18)/t12-/m0/s1. The summed E-state index contributed by atoms with van der Waals surface area (Å²) < 4.78 is 28.3. The minimum atomic E-state index is -2.90. The molecule has 1 aromatic rings. The largest absolute Gasteiger partial charge is 0.455 e. The topological polar surface area (TPSA) is 79.6 Å². The van der Waals surface area contributed by atoms with E-state index in [9.17, 15) is 13.2 Å². The number of carbonyl (C=O) groups is 1. The molecule has 1 saturated heterocycles. The van der Waals surface area contributed by atoms with Crippen LogP contribution in [0.4, 0.5) is 0 Å². The van der Waals surface area contributed by atoms with Gasteiger partial charge in [0.2, 0.25) is 0 Å². The molecule has 0 aromatic carbocycles. The van der Waals surface area contributed by atoms with Crippen LogP contribution in [0.25, 0.3) is 0 Å². The smallest absolute Gasteiger partial charge is 0.287 e. The number of nitrogens with zero attached hydrogens (tertiary/aromatic N) is 1. The van der Waals surface area contributed by atoms with Gasteiger partial charge < -0.3 is 9.73 Å². The molecule has 0 radical (unpaired) electrons. The van der Waals surface area contributed by atoms with Crippen molar-refractivity contribution in [3.05, 3.63) is 23.7 Å². The highest BCUT2D eigenvalue weighted by Gasteiger charge is 2.28. The quantitative estimate of drug-likeness (QED) is 0.816. The van der Waals surface area contributed by atoms with E-state index in [1.54, 1.807) is 6.07 Å². The van der Waals surface area contributed by atoms with Gasteiger partial charge in [0.25, 0.3) is 5.91 Å². The third-order valence-corrected chi connectivity index (χ3v) is 5.87. The Morgan fingerprint density at radius 2 is 2.09 bits per heavy atom. The predicted molar refractivity (Wildman–Crippen MR) is 84.4 cm³/mol. The molecule has 6 nitrogen and oxygen atoms in total. The van der Waals surface area contributed by atoms with Crippen LogP contribution in [-0.4, -0.2) is 50.4 Å². The second kappa shape index (κ2) is 7.28. The molecule has 124 valence electrons. The van der Waals surface area contributed by atoms with Crippen molar-refractivity contribution in [3.63, 3.8) is 0 Å². The van der Waals surface area contributed by atoms with Crippen molar-refractivity contribution in [2.24, 2.45) is 5.92 Å². The second-order valence-electron chi connectivity index (χ2n) is 5.71. The number of amides is 1. The fourth-order valence-corrected chi connectivity index (χ4v) is 4.47. The highest BCUT2D eigenvalue weighted by Crippen LogP contribution is 2.17. The van der Waals surface area contributed by atoms with Gasteiger partial charge in [0.15, 0.2) is 15.6 Å². The Labute approximate surface area is 131 Å². The fourth-order valence-electron chi connectivity index (χ4n) is 2.61. The summed E-state index contributed by atoms with van der Waals surface area (Å²) in [6.07, 6.45) is 0.619. The van der Waals surface area contributed by atoms with E-state index in [1.165, 1.54) is 0 Å². The molecular formula is C15H24N2O4S. The first-order valence-electron chi connectivity index (χ1n) is 7.73. The lowest BCUT2D eigenvalue weighted by atomic mass is 10.1. The fraction of sp³-hybridized carbons (Fsp3) is 0.667. The van der Waals surface area contributed by atoms with Crippen molar-refractivity contribution in [3.8, 4) is 0 Å². The SMILES string of the molecule is CCN(CC)Cc1ccc(C(=O)NC[C@@H]2CCS(=O)(=O)C2)o1. The summed E-state index contributed by atoms with van der Waals surface area (Å²) in [5, 5.41) is 2.76. The summed E-state index contributed by atoms with van der Waals surface area (Å²) in [6, 6.07) is 3.48. The van der Waals surface area contributed by atoms with Crippen molar-refractivity contribution < 1.29 is 17.6 Å². The molecule has 0 spiro atoms. The molecule has 2 heterocycles. The first-order chi connectivity index (χ1) is 10.4. The van der Waals surface area contributed by atoms with E-state index in [0.717, 1.165) is 18.8 Å². The van der Waals surface area contributed by atoms with Crippen molar-refractivity contribution in [2.45, 2.75) is 26.8 Å². The van der Waals surface area contributed by atoms with Crippen LogP contribution in [0.1, 0.15) is 36.6 Å². The molecule has 1 fully saturated rings. The number of nitrogens with one attached hydrogen (secondary N) is 1. The maximum atomic E-state index is 12.0. The number of sulfone groups is 1. The average Bonchev–Trinajstić information content (AvgIpc) is 3.08. The molecule has 0 unspecified atom stereocenters. The Hall–Kier alpha value is -1.34. The third kappa shape index (κ3) is 4.58. The first kappa shape index (κ1) is 17.0. The van der Waals surface area contributed by atoms with E-state index in [-0.39, 0.29) is 29.1 Å². The molecule has 1 aliphatic heterocycles. The van der Waals surface area contributed by atoms with Crippen molar-refractivity contribution >= 4 is 15.7 Å². The van der Waals surface area contributed by atoms with Gasteiger partial charge in [-0.1, -0.05) is 13.8 Å². The molecule has 0 saturated carbocycles. The summed E-state index contributed by atoms with van der Waals surface area (Å²) in [5.74, 6) is 1.16. The van der Waals surface area contributed by atoms with Crippen LogP contribution in [0.5, 0.6) is 0 Å². The second-order valence-corrected chi connectivity index (χ2v) is 7.94. The number of furan rings is 1. The van der Waals surface area contributed by atoms with Crippen LogP contribution < -0.4 is 5.32 Å². The van der Waals surface area contributed by atoms with Crippen LogP contribution in [0.2, 0.25) is 0 Å². The van der Waals surface area contributed by atoms with Gasteiger partial charge in [-0.05, 0) is 37.6 Å². The Balaban J connectivity index is 1.84. The Bertz CT molecular complexity index is 605. The maximum Gasteiger partial charge on any atom is 0.287 e. The van der Waals surface area contributed by atoms with Crippen LogP contribution in [0, 0.1) is 5.92 Å². The highest BCUT2D eigenvalue weighted by molar-refractivity contribution is 7.91. The molecular weight excluding hydrogens is 304 g/mol. The first-order valence-corrected chi connectivity index (χ1v) is 9.55. The lowest BCUT2D eigenvalue weighted by Gasteiger charge is -2.15. The number of carbonyl (C=O) groups excluding carboxylic acids is 1. The molecule has 1 aromatic heterocycles. The number of hydrogen-bond donors (Lipinski definition) is 1. The average molecular weight is 328 g/mol. The van der Waals surface area contributed by atoms with E-state index >= 15 is 0 Å². The Morgan fingerprint density at radius 3 is 2.68 bits per heavy atom. The van der Waals surface area contributed by atoms with Crippen LogP contribution >= 0.6 is 0 Å². The summed E-state index contributed by atoms with van der Waals surface area (Å²) in [4.78, 5) is 14.2. The summed E-state index contributed by atoms with van der Waals surface area (Å²) >= 11 is 0. The molecule has 0 aliphatic carbocycles. The molecule has 22 heavy (non-hydrogen) atoms. The van der Waals surface area contributed by atoms with Gasteiger partial charge in [0.05, 0.1) is 18.1 Å². The van der Waals surface area contributed by atoms with Crippen molar-refractivity contribution in [1.29, 1.82) is 0 Å². The van der Waals surface area contributed by atoms with Crippen LogP contribution in [-0.2, 0) is 16.4 Å². The van der Waals surface area contributed by atoms with Crippen LogP contribution in [0.15, 0.2) is 16.5 Å². The lowest BCUT2D eigenvalue weighted by Crippen LogP contribution is -2.29. The lowest BCUT2D eigenvalue weighted by molar-refractivity contribution is 0.0917. The number of rotatable bonds is 7. The van der Waals surface area contributed by atoms with Gasteiger partial charge in [-0.2, -0.15) is 0 Å². The van der Waals surface area contributed by atoms with Gasteiger partial charge in [-0.15, -0.1) is 0 Å². The van der Waals surface area contributed by atoms with E-state index in [2.05, 4.69) is 24.1 Å². The molecule has 2 rings (SSSR count). The highest BCUT2D eigenvalue weighted by atomic mass is 32.2. The predicted octanol–water partition coefficient (Wildman–Crippen LogP) is 1.29. The van der Waals surface area contributed by atoms with Gasteiger partial charge in [0.1, 0.15) is 5.76 Å². The molecule has 0 bridgehead atoms. The maximum absolute atomic E-state index is 12.0. The summed E-state index contributed by atoms with van der Waals surface area (Å²) in [6.45, 7) is 7.07. The number of hydrogen-bond acceptors (Lipinski definition) is 5. The zero-order valence-electron chi connectivity index (χ0n) is 13.2. The molecule has 7 heteroatoms. The summed E-state index contributed by atoms with van der Waals surface area (Å²) in [7, 11) is -2.90. The van der Waals surface area contributed by atoms with Gasteiger partial charge in [-0.25, -0.2) is 8.42 Å². The molecule has 1 N–H and O–H groups in total. The third-order valence-electron chi connectivity index (χ3n) is 4.04. The monoisotopic (exact) mass is 328 g/mol. The Morgan fingerprint density at radius 1 is 1.36 bits per heavy atom. The van der Waals surface area contributed by atoms with Crippen molar-refractivity contribution in [1.82, 2.24) is 10.2 Å². The zero-order chi connectivity index (χ0) is 16.2. The van der Waals surface area contributed by atoms with Gasteiger partial charge in [-0.3, -0.25) is 9.69 Å². The molecule has 1 amide bonds. The van der Waals surface area contributed by atoms with Gasteiger partial charge in [0, 0.05) is 6.54 Å². The Kier molecular flexibility index (Phi) is 5.63. The minimum absolute atomic E-state index is 0.0130. The minimum Gasteiger partial charge on any atom is -0.455 e. The molecule has 1 aliphatic rings. The van der Waals surface area contributed by atoms with Gasteiger partial charge >= 0.3 is 0 Å². The van der Waals surface area contributed by atoms with Crippen LogP contribution in [0.3, 0.4) is 0 Å². The van der Waals surface area contributed by atoms with E-state index < -0.39 is 9.84 Å². The normalized spacial score (nSPS) is 20.4.